The largest absolute Gasteiger partial charge is 0.364 e. The molecule has 20 heavy (non-hydrogen) atoms. The lowest BCUT2D eigenvalue weighted by molar-refractivity contribution is 0.0994. The fraction of sp³-hybridized carbons (Fsp3) is 0.231. The van der Waals surface area contributed by atoms with Gasteiger partial charge in [0.2, 0.25) is 0 Å². The molecule has 3 N–H and O–H groups in total. The van der Waals surface area contributed by atoms with Gasteiger partial charge in [-0.1, -0.05) is 13.8 Å². The van der Waals surface area contributed by atoms with Crippen molar-refractivity contribution in [1.82, 2.24) is 9.97 Å². The maximum Gasteiger partial charge on any atom is 0.267 e. The normalized spacial score (nSPS) is 10.6. The van der Waals surface area contributed by atoms with Gasteiger partial charge in [0.05, 0.1) is 23.1 Å². The molecule has 2 aromatic rings. The number of hydrogen-bond acceptors (Lipinski definition) is 5. The highest BCUT2D eigenvalue weighted by atomic mass is 32.1. The van der Waals surface area contributed by atoms with Gasteiger partial charge >= 0.3 is 0 Å². The number of anilines is 1. The van der Waals surface area contributed by atoms with Crippen molar-refractivity contribution < 1.29 is 9.59 Å². The molecule has 6 nitrogen and oxygen atoms in total. The molecule has 2 amide bonds. The van der Waals surface area contributed by atoms with Crippen LogP contribution >= 0.6 is 11.3 Å². The van der Waals surface area contributed by atoms with Gasteiger partial charge < -0.3 is 11.1 Å². The Hall–Kier alpha value is -2.28. The number of carbonyl (C=O) groups is 2. The van der Waals surface area contributed by atoms with Crippen molar-refractivity contribution in [3.63, 3.8) is 0 Å². The molecular formula is C13H14N4O2S. The SMILES string of the molecule is CC(C)c1ncc(C(=O)Nc2ccc(C(N)=O)nc2)s1. The van der Waals surface area contributed by atoms with Gasteiger partial charge in [-0.05, 0) is 12.1 Å². The highest BCUT2D eigenvalue weighted by Gasteiger charge is 2.13. The summed E-state index contributed by atoms with van der Waals surface area (Å²) in [6.45, 7) is 4.04. The third-order valence-electron chi connectivity index (χ3n) is 2.52. The second-order valence-corrected chi connectivity index (χ2v) is 5.53. The first-order valence-electron chi connectivity index (χ1n) is 6.00. The van der Waals surface area contributed by atoms with Crippen LogP contribution in [0.4, 0.5) is 5.69 Å². The van der Waals surface area contributed by atoms with Crippen molar-refractivity contribution in [2.24, 2.45) is 5.73 Å². The van der Waals surface area contributed by atoms with Crippen LogP contribution in [0.25, 0.3) is 0 Å². The average Bonchev–Trinajstić information content (AvgIpc) is 2.89. The Morgan fingerprint density at radius 1 is 1.25 bits per heavy atom. The van der Waals surface area contributed by atoms with E-state index >= 15 is 0 Å². The zero-order valence-corrected chi connectivity index (χ0v) is 11.9. The first-order chi connectivity index (χ1) is 9.47. The van der Waals surface area contributed by atoms with Crippen LogP contribution in [0.5, 0.6) is 0 Å². The van der Waals surface area contributed by atoms with Gasteiger partial charge in [0.25, 0.3) is 11.8 Å². The molecule has 0 unspecified atom stereocenters. The highest BCUT2D eigenvalue weighted by Crippen LogP contribution is 2.21. The van der Waals surface area contributed by atoms with E-state index in [1.54, 1.807) is 12.3 Å². The Morgan fingerprint density at radius 2 is 2.00 bits per heavy atom. The lowest BCUT2D eigenvalue weighted by Gasteiger charge is -2.03. The van der Waals surface area contributed by atoms with E-state index in [2.05, 4.69) is 15.3 Å². The Bertz CT molecular complexity index is 634. The van der Waals surface area contributed by atoms with Gasteiger partial charge in [-0.25, -0.2) is 9.97 Å². The number of amides is 2. The quantitative estimate of drug-likeness (QED) is 0.899. The molecule has 7 heteroatoms. The number of nitrogens with two attached hydrogens (primary N) is 1. The Labute approximate surface area is 120 Å². The van der Waals surface area contributed by atoms with E-state index < -0.39 is 5.91 Å². The summed E-state index contributed by atoms with van der Waals surface area (Å²) in [6, 6.07) is 3.04. The van der Waals surface area contributed by atoms with E-state index in [0.29, 0.717) is 10.6 Å². The van der Waals surface area contributed by atoms with E-state index in [9.17, 15) is 9.59 Å². The van der Waals surface area contributed by atoms with Gasteiger partial charge in [0.15, 0.2) is 0 Å². The molecule has 0 fully saturated rings. The molecule has 0 saturated heterocycles. The molecular weight excluding hydrogens is 276 g/mol. The Balaban J connectivity index is 2.08. The molecule has 2 aromatic heterocycles. The molecule has 2 heterocycles. The highest BCUT2D eigenvalue weighted by molar-refractivity contribution is 7.13. The van der Waals surface area contributed by atoms with Gasteiger partial charge in [-0.3, -0.25) is 9.59 Å². The van der Waals surface area contributed by atoms with Crippen LogP contribution in [0.2, 0.25) is 0 Å². The van der Waals surface area contributed by atoms with Crippen molar-refractivity contribution in [2.75, 3.05) is 5.32 Å². The summed E-state index contributed by atoms with van der Waals surface area (Å²) in [5.41, 5.74) is 5.75. The molecule has 0 aliphatic rings. The minimum Gasteiger partial charge on any atom is -0.364 e. The molecule has 0 radical (unpaired) electrons. The number of rotatable bonds is 4. The van der Waals surface area contributed by atoms with E-state index in [4.69, 9.17) is 5.73 Å². The molecule has 0 spiro atoms. The van der Waals surface area contributed by atoms with Gasteiger partial charge in [0, 0.05) is 5.92 Å². The standard InChI is InChI=1S/C13H14N4O2S/c1-7(2)13-16-6-10(20-13)12(19)17-8-3-4-9(11(14)18)15-5-8/h3-7H,1-2H3,(H2,14,18)(H,17,19). The summed E-state index contributed by atoms with van der Waals surface area (Å²) in [5.74, 6) is -0.562. The predicted octanol–water partition coefficient (Wildman–Crippen LogP) is 2.01. The van der Waals surface area contributed by atoms with E-state index in [0.717, 1.165) is 5.01 Å². The van der Waals surface area contributed by atoms with Crippen molar-refractivity contribution >= 4 is 28.8 Å². The number of hydrogen-bond donors (Lipinski definition) is 2. The van der Waals surface area contributed by atoms with Crippen LogP contribution in [0.3, 0.4) is 0 Å². The molecule has 2 rings (SSSR count). The first-order valence-corrected chi connectivity index (χ1v) is 6.82. The molecule has 0 atom stereocenters. The van der Waals surface area contributed by atoms with Crippen LogP contribution in [-0.2, 0) is 0 Å². The third-order valence-corrected chi connectivity index (χ3v) is 3.81. The summed E-state index contributed by atoms with van der Waals surface area (Å²) in [5, 5.41) is 3.61. The van der Waals surface area contributed by atoms with Crippen LogP contribution in [0.15, 0.2) is 24.5 Å². The molecule has 0 bridgehead atoms. The number of aromatic nitrogens is 2. The predicted molar refractivity (Wildman–Crippen MR) is 76.9 cm³/mol. The minimum atomic E-state index is -0.605. The number of carbonyl (C=O) groups excluding carboxylic acids is 2. The summed E-state index contributed by atoms with van der Waals surface area (Å²) in [4.78, 5) is 31.5. The average molecular weight is 290 g/mol. The number of nitrogens with one attached hydrogen (secondary N) is 1. The molecule has 0 aromatic carbocycles. The van der Waals surface area contributed by atoms with E-state index in [1.807, 2.05) is 13.8 Å². The van der Waals surface area contributed by atoms with Crippen LogP contribution in [0.1, 0.15) is 44.9 Å². The monoisotopic (exact) mass is 290 g/mol. The number of primary amides is 1. The fourth-order valence-corrected chi connectivity index (χ4v) is 2.28. The summed E-state index contributed by atoms with van der Waals surface area (Å²) in [7, 11) is 0. The molecule has 0 aliphatic carbocycles. The lowest BCUT2D eigenvalue weighted by Crippen LogP contribution is -2.14. The van der Waals surface area contributed by atoms with Crippen molar-refractivity contribution in [3.8, 4) is 0 Å². The van der Waals surface area contributed by atoms with E-state index in [-0.39, 0.29) is 17.5 Å². The Morgan fingerprint density at radius 3 is 2.50 bits per heavy atom. The third kappa shape index (κ3) is 3.18. The van der Waals surface area contributed by atoms with Crippen LogP contribution in [0, 0.1) is 0 Å². The van der Waals surface area contributed by atoms with Crippen molar-refractivity contribution in [1.29, 1.82) is 0 Å². The van der Waals surface area contributed by atoms with Gasteiger partial charge in [-0.2, -0.15) is 0 Å². The molecule has 104 valence electrons. The summed E-state index contributed by atoms with van der Waals surface area (Å²) < 4.78 is 0. The van der Waals surface area contributed by atoms with Gasteiger partial charge in [0.1, 0.15) is 10.6 Å². The number of pyridine rings is 1. The lowest BCUT2D eigenvalue weighted by atomic mass is 10.2. The molecule has 0 aliphatic heterocycles. The smallest absolute Gasteiger partial charge is 0.267 e. The Kier molecular flexibility index (Phi) is 4.09. The maximum atomic E-state index is 12.0. The zero-order chi connectivity index (χ0) is 14.7. The van der Waals surface area contributed by atoms with Crippen molar-refractivity contribution in [2.45, 2.75) is 19.8 Å². The number of nitrogens with zero attached hydrogens (tertiary/aromatic N) is 2. The van der Waals surface area contributed by atoms with Gasteiger partial charge in [-0.15, -0.1) is 11.3 Å². The zero-order valence-electron chi connectivity index (χ0n) is 11.1. The van der Waals surface area contributed by atoms with E-state index in [1.165, 1.54) is 23.6 Å². The molecule has 0 saturated carbocycles. The first kappa shape index (κ1) is 14.1. The summed E-state index contributed by atoms with van der Waals surface area (Å²) in [6.07, 6.45) is 2.95. The second kappa shape index (κ2) is 5.79. The second-order valence-electron chi connectivity index (χ2n) is 4.47. The number of thiazole rings is 1. The maximum absolute atomic E-state index is 12.0. The summed E-state index contributed by atoms with van der Waals surface area (Å²) >= 11 is 1.36. The minimum absolute atomic E-state index is 0.155. The van der Waals surface area contributed by atoms with Crippen LogP contribution < -0.4 is 11.1 Å². The van der Waals surface area contributed by atoms with Crippen molar-refractivity contribution in [3.05, 3.63) is 40.1 Å². The van der Waals surface area contributed by atoms with Crippen LogP contribution in [-0.4, -0.2) is 21.8 Å². The fourth-order valence-electron chi connectivity index (χ4n) is 1.47. The topological polar surface area (TPSA) is 98.0 Å².